The topological polar surface area (TPSA) is 66.0 Å². The molecule has 2 fully saturated rings. The number of carbonyl (C=O) groups is 1. The lowest BCUT2D eigenvalue weighted by atomic mass is 9.96. The molecule has 1 unspecified atom stereocenters. The van der Waals surface area contributed by atoms with Gasteiger partial charge >= 0.3 is 0 Å². The van der Waals surface area contributed by atoms with Crippen molar-refractivity contribution in [2.45, 2.75) is 56.7 Å². The van der Waals surface area contributed by atoms with Gasteiger partial charge < -0.3 is 15.0 Å². The molecule has 1 spiro atoms. The number of aliphatic imine (C=N–C) groups is 1. The number of carbonyl (C=O) groups excluding carboxylic acids is 1. The Labute approximate surface area is 161 Å². The molecule has 4 rings (SSSR count). The zero-order valence-electron chi connectivity index (χ0n) is 16.2. The van der Waals surface area contributed by atoms with Crippen LogP contribution in [0.3, 0.4) is 0 Å². The first-order valence-electron chi connectivity index (χ1n) is 10.2. The van der Waals surface area contributed by atoms with Crippen molar-refractivity contribution in [2.75, 3.05) is 32.1 Å². The third-order valence-electron chi connectivity index (χ3n) is 6.12. The van der Waals surface area contributed by atoms with E-state index in [0.717, 1.165) is 31.0 Å². The zero-order chi connectivity index (χ0) is 18.7. The summed E-state index contributed by atoms with van der Waals surface area (Å²) in [4.78, 5) is 19.7. The Morgan fingerprint density at radius 1 is 1.33 bits per heavy atom. The first-order chi connectivity index (χ1) is 13.2. The lowest BCUT2D eigenvalue weighted by Crippen LogP contribution is -2.55. The Kier molecular flexibility index (Phi) is 5.45. The molecule has 27 heavy (non-hydrogen) atoms. The van der Waals surface area contributed by atoms with Crippen LogP contribution in [0.1, 0.15) is 44.1 Å². The van der Waals surface area contributed by atoms with Crippen molar-refractivity contribution < 1.29 is 9.53 Å². The molecule has 2 heterocycles. The highest BCUT2D eigenvalue weighted by atomic mass is 16.5. The Hall–Kier alpha value is -1.92. The van der Waals surface area contributed by atoms with E-state index in [2.05, 4.69) is 34.9 Å². The fraction of sp³-hybridized carbons (Fsp3) is 0.619. The highest BCUT2D eigenvalue weighted by Gasteiger charge is 2.45. The molecule has 1 aromatic rings. The third-order valence-corrected chi connectivity index (χ3v) is 6.12. The second-order valence-electron chi connectivity index (χ2n) is 7.94. The number of benzene rings is 1. The third kappa shape index (κ3) is 3.87. The van der Waals surface area contributed by atoms with E-state index in [1.165, 1.54) is 31.2 Å². The maximum atomic E-state index is 12.5. The average Bonchev–Trinajstić information content (AvgIpc) is 3.32. The summed E-state index contributed by atoms with van der Waals surface area (Å²) in [7, 11) is 1.64. The van der Waals surface area contributed by atoms with Gasteiger partial charge in [-0.05, 0) is 30.9 Å². The van der Waals surface area contributed by atoms with Crippen LogP contribution in [0.2, 0.25) is 0 Å². The van der Waals surface area contributed by atoms with Crippen LogP contribution in [0.15, 0.2) is 29.3 Å². The first-order valence-corrected chi connectivity index (χ1v) is 10.2. The highest BCUT2D eigenvalue weighted by molar-refractivity contribution is 6.04. The molecule has 2 N–H and O–H groups in total. The number of rotatable bonds is 4. The normalized spacial score (nSPS) is 27.0. The van der Waals surface area contributed by atoms with Crippen molar-refractivity contribution in [3.8, 4) is 0 Å². The van der Waals surface area contributed by atoms with Crippen LogP contribution in [-0.4, -0.2) is 55.0 Å². The molecule has 1 atom stereocenters. The fourth-order valence-electron chi connectivity index (χ4n) is 4.47. The molecule has 1 saturated heterocycles. The van der Waals surface area contributed by atoms with Crippen LogP contribution < -0.4 is 10.6 Å². The van der Waals surface area contributed by atoms with Crippen molar-refractivity contribution in [3.05, 3.63) is 29.8 Å². The van der Waals surface area contributed by atoms with Gasteiger partial charge in [-0.2, -0.15) is 0 Å². The van der Waals surface area contributed by atoms with Crippen LogP contribution >= 0.6 is 0 Å². The van der Waals surface area contributed by atoms with Gasteiger partial charge in [0.25, 0.3) is 0 Å². The number of hydrogen-bond donors (Lipinski definition) is 2. The minimum atomic E-state index is -0.287. The molecule has 2 aliphatic heterocycles. The van der Waals surface area contributed by atoms with Gasteiger partial charge in [0.1, 0.15) is 5.84 Å². The van der Waals surface area contributed by atoms with E-state index in [9.17, 15) is 4.79 Å². The van der Waals surface area contributed by atoms with E-state index in [1.54, 1.807) is 7.11 Å². The van der Waals surface area contributed by atoms with Crippen LogP contribution in [0.5, 0.6) is 0 Å². The number of nitrogens with one attached hydrogen (secondary N) is 2. The Morgan fingerprint density at radius 2 is 2.15 bits per heavy atom. The lowest BCUT2D eigenvalue weighted by molar-refractivity contribution is -0.131. The SMILES string of the molecule is COCCC(=O)N1CCC2(C1)NCc1ccccc1NC2=NC1CCCC1. The van der Waals surface area contributed by atoms with Crippen molar-refractivity contribution in [2.24, 2.45) is 4.99 Å². The zero-order valence-corrected chi connectivity index (χ0v) is 16.2. The van der Waals surface area contributed by atoms with Gasteiger partial charge in [0.15, 0.2) is 0 Å². The molecule has 1 aromatic carbocycles. The van der Waals surface area contributed by atoms with Gasteiger partial charge in [0.2, 0.25) is 5.91 Å². The molecule has 1 saturated carbocycles. The lowest BCUT2D eigenvalue weighted by Gasteiger charge is -2.31. The fourth-order valence-corrected chi connectivity index (χ4v) is 4.47. The number of fused-ring (bicyclic) bond motifs is 1. The largest absolute Gasteiger partial charge is 0.384 e. The average molecular weight is 370 g/mol. The molecule has 0 aromatic heterocycles. The molecule has 0 radical (unpaired) electrons. The molecule has 0 bridgehead atoms. The van der Waals surface area contributed by atoms with Gasteiger partial charge in [-0.3, -0.25) is 15.1 Å². The maximum Gasteiger partial charge on any atom is 0.224 e. The summed E-state index contributed by atoms with van der Waals surface area (Å²) in [6.45, 7) is 2.69. The van der Waals surface area contributed by atoms with E-state index in [-0.39, 0.29) is 11.4 Å². The quantitative estimate of drug-likeness (QED) is 0.855. The number of ether oxygens (including phenoxy) is 1. The second kappa shape index (κ2) is 7.98. The van der Waals surface area contributed by atoms with E-state index in [0.29, 0.717) is 25.6 Å². The number of para-hydroxylation sites is 1. The molecule has 146 valence electrons. The molecule has 1 aliphatic carbocycles. The monoisotopic (exact) mass is 370 g/mol. The Balaban J connectivity index is 1.60. The second-order valence-corrected chi connectivity index (χ2v) is 7.94. The van der Waals surface area contributed by atoms with E-state index >= 15 is 0 Å². The summed E-state index contributed by atoms with van der Waals surface area (Å²) < 4.78 is 5.08. The molecule has 1 amide bonds. The minimum Gasteiger partial charge on any atom is -0.384 e. The predicted octanol–water partition coefficient (Wildman–Crippen LogP) is 2.55. The van der Waals surface area contributed by atoms with Crippen molar-refractivity contribution in [1.29, 1.82) is 0 Å². The van der Waals surface area contributed by atoms with E-state index in [4.69, 9.17) is 9.73 Å². The standard InChI is InChI=1S/C21H30N4O2/c1-27-13-10-19(26)25-12-11-21(15-25)20(23-17-7-3-4-8-17)24-18-9-5-2-6-16(18)14-22-21/h2,5-6,9,17,22H,3-4,7-8,10-15H2,1H3,(H,23,24). The molecule has 6 nitrogen and oxygen atoms in total. The smallest absolute Gasteiger partial charge is 0.224 e. The number of likely N-dealkylation sites (tertiary alicyclic amines) is 1. The summed E-state index contributed by atoms with van der Waals surface area (Å²) >= 11 is 0. The molecular formula is C21H30N4O2. The van der Waals surface area contributed by atoms with Crippen molar-refractivity contribution >= 4 is 17.4 Å². The van der Waals surface area contributed by atoms with Crippen molar-refractivity contribution in [3.63, 3.8) is 0 Å². The first kappa shape index (κ1) is 18.4. The molecular weight excluding hydrogens is 340 g/mol. The number of anilines is 1. The number of amides is 1. The maximum absolute atomic E-state index is 12.5. The Morgan fingerprint density at radius 3 is 2.96 bits per heavy atom. The van der Waals surface area contributed by atoms with Crippen LogP contribution in [0.4, 0.5) is 5.69 Å². The highest BCUT2D eigenvalue weighted by Crippen LogP contribution is 2.31. The number of methoxy groups -OCH3 is 1. The van der Waals surface area contributed by atoms with Crippen LogP contribution in [0, 0.1) is 0 Å². The minimum absolute atomic E-state index is 0.164. The molecule has 6 heteroatoms. The van der Waals surface area contributed by atoms with E-state index in [1.807, 2.05) is 4.90 Å². The van der Waals surface area contributed by atoms with Crippen LogP contribution in [0.25, 0.3) is 0 Å². The van der Waals surface area contributed by atoms with Crippen LogP contribution in [-0.2, 0) is 16.1 Å². The van der Waals surface area contributed by atoms with Gasteiger partial charge in [0, 0.05) is 32.4 Å². The summed E-state index contributed by atoms with van der Waals surface area (Å²) in [5.41, 5.74) is 2.09. The van der Waals surface area contributed by atoms with Crippen molar-refractivity contribution in [1.82, 2.24) is 10.2 Å². The Bertz CT molecular complexity index is 714. The summed E-state index contributed by atoms with van der Waals surface area (Å²) in [6, 6.07) is 8.80. The summed E-state index contributed by atoms with van der Waals surface area (Å²) in [5, 5.41) is 7.41. The van der Waals surface area contributed by atoms with Gasteiger partial charge in [0.05, 0.1) is 24.6 Å². The number of amidine groups is 1. The van der Waals surface area contributed by atoms with Gasteiger partial charge in [-0.1, -0.05) is 31.0 Å². The number of hydrogen-bond acceptors (Lipinski definition) is 4. The summed E-state index contributed by atoms with van der Waals surface area (Å²) in [5.74, 6) is 1.18. The predicted molar refractivity (Wildman–Crippen MR) is 107 cm³/mol. The number of nitrogens with zero attached hydrogens (tertiary/aromatic N) is 2. The van der Waals surface area contributed by atoms with Gasteiger partial charge in [-0.15, -0.1) is 0 Å². The van der Waals surface area contributed by atoms with E-state index < -0.39 is 0 Å². The molecule has 3 aliphatic rings. The van der Waals surface area contributed by atoms with Gasteiger partial charge in [-0.25, -0.2) is 0 Å². The summed E-state index contributed by atoms with van der Waals surface area (Å²) in [6.07, 6.45) is 6.19.